The fourth-order valence-corrected chi connectivity index (χ4v) is 4.34. The van der Waals surface area contributed by atoms with Crippen LogP contribution in [0.1, 0.15) is 17.2 Å². The summed E-state index contributed by atoms with van der Waals surface area (Å²) in [5, 5.41) is 22.1. The van der Waals surface area contributed by atoms with Crippen molar-refractivity contribution in [2.24, 2.45) is 0 Å². The number of nitrogens with zero attached hydrogens (tertiary/aromatic N) is 3. The zero-order valence-electron chi connectivity index (χ0n) is 17.6. The molecule has 0 unspecified atom stereocenters. The average Bonchev–Trinajstić information content (AvgIpc) is 3.08. The van der Waals surface area contributed by atoms with Crippen molar-refractivity contribution < 1.29 is 24.4 Å². The Morgan fingerprint density at radius 3 is 2.30 bits per heavy atom. The number of rotatable bonds is 6. The highest BCUT2D eigenvalue weighted by atomic mass is 79.9. The number of nitro groups is 1. The predicted molar refractivity (Wildman–Crippen MR) is 124 cm³/mol. The number of halogens is 1. The van der Waals surface area contributed by atoms with E-state index in [0.717, 1.165) is 17.6 Å². The monoisotopic (exact) mass is 515 g/mol. The van der Waals surface area contributed by atoms with Crippen LogP contribution in [0.25, 0.3) is 5.76 Å². The smallest absolute Gasteiger partial charge is 0.295 e. The molecule has 9 nitrogen and oxygen atoms in total. The van der Waals surface area contributed by atoms with Crippen LogP contribution < -0.4 is 0 Å². The van der Waals surface area contributed by atoms with Gasteiger partial charge in [0.1, 0.15) is 5.76 Å². The van der Waals surface area contributed by atoms with E-state index in [0.29, 0.717) is 30.9 Å². The molecule has 33 heavy (non-hydrogen) atoms. The van der Waals surface area contributed by atoms with E-state index in [1.54, 1.807) is 24.3 Å². The number of aliphatic hydroxyl groups is 1. The van der Waals surface area contributed by atoms with E-state index in [9.17, 15) is 24.8 Å². The minimum Gasteiger partial charge on any atom is -0.507 e. The number of hydrogen-bond acceptors (Lipinski definition) is 7. The molecular formula is C23H22BrN3O6. The molecule has 1 N–H and O–H groups in total. The molecular weight excluding hydrogens is 494 g/mol. The van der Waals surface area contributed by atoms with E-state index >= 15 is 0 Å². The zero-order valence-corrected chi connectivity index (χ0v) is 19.2. The molecule has 2 aliphatic heterocycles. The lowest BCUT2D eigenvalue weighted by atomic mass is 9.95. The van der Waals surface area contributed by atoms with E-state index in [1.165, 1.54) is 29.2 Å². The number of ketones is 1. The number of amides is 1. The number of benzene rings is 2. The van der Waals surface area contributed by atoms with Crippen LogP contribution in [0, 0.1) is 10.1 Å². The van der Waals surface area contributed by atoms with Crippen LogP contribution in [0.2, 0.25) is 0 Å². The second kappa shape index (κ2) is 9.82. The molecule has 4 rings (SSSR count). The molecule has 0 aliphatic carbocycles. The molecule has 2 aromatic carbocycles. The first-order valence-corrected chi connectivity index (χ1v) is 11.2. The van der Waals surface area contributed by atoms with Crippen LogP contribution in [0.15, 0.2) is 58.6 Å². The number of Topliss-reactive ketones (excluding diaryl/α,β-unsaturated/α-hetero) is 1. The third-order valence-electron chi connectivity index (χ3n) is 5.84. The van der Waals surface area contributed by atoms with Crippen molar-refractivity contribution in [2.45, 2.75) is 6.04 Å². The van der Waals surface area contributed by atoms with Gasteiger partial charge in [-0.2, -0.15) is 0 Å². The third-order valence-corrected chi connectivity index (χ3v) is 6.37. The molecule has 0 bridgehead atoms. The number of carbonyl (C=O) groups is 2. The molecule has 0 aromatic heterocycles. The normalized spacial score (nSPS) is 20.9. The summed E-state index contributed by atoms with van der Waals surface area (Å²) in [6.45, 7) is 3.47. The van der Waals surface area contributed by atoms with Crippen molar-refractivity contribution in [3.05, 3.63) is 79.8 Å². The molecule has 1 amide bonds. The maximum absolute atomic E-state index is 13.0. The minimum atomic E-state index is -0.851. The zero-order chi connectivity index (χ0) is 23.5. The highest BCUT2D eigenvalue weighted by molar-refractivity contribution is 9.10. The molecule has 2 fully saturated rings. The van der Waals surface area contributed by atoms with Gasteiger partial charge in [0, 0.05) is 48.3 Å². The first kappa shape index (κ1) is 23.1. The summed E-state index contributed by atoms with van der Waals surface area (Å²) in [6, 6.07) is 11.6. The van der Waals surface area contributed by atoms with Crippen LogP contribution in [-0.4, -0.2) is 70.9 Å². The Bertz CT molecular complexity index is 1090. The maximum Gasteiger partial charge on any atom is 0.295 e. The SMILES string of the molecule is O=C1C(=O)N(CCN2CCOCC2)[C@@H](c2ccc([N+](=O)[O-])cc2)/C1=C(\O)c1ccc(Br)cc1. The van der Waals surface area contributed by atoms with Crippen LogP contribution in [0.3, 0.4) is 0 Å². The third kappa shape index (κ3) is 4.82. The quantitative estimate of drug-likeness (QED) is 0.206. The number of nitro benzene ring substituents is 1. The standard InChI is InChI=1S/C23H22BrN3O6/c24-17-5-1-16(2-6-17)21(28)19-20(15-3-7-18(8-4-15)27(31)32)26(23(30)22(19)29)10-9-25-11-13-33-14-12-25/h1-8,20,28H,9-14H2/b21-19+/t20-/m0/s1. The summed E-state index contributed by atoms with van der Waals surface area (Å²) in [5.74, 6) is -1.76. The summed E-state index contributed by atoms with van der Waals surface area (Å²) in [6.07, 6.45) is 0. The molecule has 2 aliphatic rings. The molecule has 2 heterocycles. The molecule has 172 valence electrons. The van der Waals surface area contributed by atoms with Gasteiger partial charge in [0.2, 0.25) is 0 Å². The Balaban J connectivity index is 1.74. The largest absolute Gasteiger partial charge is 0.507 e. The topological polar surface area (TPSA) is 113 Å². The lowest BCUT2D eigenvalue weighted by Gasteiger charge is -2.31. The Kier molecular flexibility index (Phi) is 6.87. The van der Waals surface area contributed by atoms with Gasteiger partial charge in [-0.1, -0.05) is 28.1 Å². The van der Waals surface area contributed by atoms with Gasteiger partial charge in [-0.05, 0) is 29.8 Å². The summed E-state index contributed by atoms with van der Waals surface area (Å²) < 4.78 is 6.16. The summed E-state index contributed by atoms with van der Waals surface area (Å²) in [7, 11) is 0. The van der Waals surface area contributed by atoms with Crippen LogP contribution in [0.5, 0.6) is 0 Å². The number of morpholine rings is 1. The molecule has 0 spiro atoms. The summed E-state index contributed by atoms with van der Waals surface area (Å²) in [5.41, 5.74) is 0.784. The number of hydrogen-bond donors (Lipinski definition) is 1. The van der Waals surface area contributed by atoms with Gasteiger partial charge in [0.25, 0.3) is 17.4 Å². The van der Waals surface area contributed by atoms with E-state index in [2.05, 4.69) is 20.8 Å². The second-order valence-electron chi connectivity index (χ2n) is 7.80. The van der Waals surface area contributed by atoms with Gasteiger partial charge >= 0.3 is 0 Å². The Morgan fingerprint density at radius 1 is 1.06 bits per heavy atom. The van der Waals surface area contributed by atoms with Crippen molar-refractivity contribution >= 4 is 39.1 Å². The number of carbonyl (C=O) groups excluding carboxylic acids is 2. The van der Waals surface area contributed by atoms with Gasteiger partial charge in [-0.3, -0.25) is 24.6 Å². The Morgan fingerprint density at radius 2 is 1.70 bits per heavy atom. The predicted octanol–water partition coefficient (Wildman–Crippen LogP) is 3.11. The Hall–Kier alpha value is -3.08. The van der Waals surface area contributed by atoms with Crippen molar-refractivity contribution in [3.8, 4) is 0 Å². The van der Waals surface area contributed by atoms with E-state index < -0.39 is 22.7 Å². The van der Waals surface area contributed by atoms with Crippen molar-refractivity contribution in [1.82, 2.24) is 9.80 Å². The van der Waals surface area contributed by atoms with E-state index in [-0.39, 0.29) is 23.6 Å². The van der Waals surface area contributed by atoms with Gasteiger partial charge in [-0.15, -0.1) is 0 Å². The number of likely N-dealkylation sites (tertiary alicyclic amines) is 1. The van der Waals surface area contributed by atoms with Gasteiger partial charge < -0.3 is 14.7 Å². The van der Waals surface area contributed by atoms with Crippen molar-refractivity contribution in [3.63, 3.8) is 0 Å². The molecule has 2 aromatic rings. The fraction of sp³-hybridized carbons (Fsp3) is 0.304. The van der Waals surface area contributed by atoms with Gasteiger partial charge in [0.05, 0.1) is 29.8 Å². The summed E-state index contributed by atoms with van der Waals surface area (Å²) >= 11 is 3.34. The fourth-order valence-electron chi connectivity index (χ4n) is 4.07. The maximum atomic E-state index is 13.0. The van der Waals surface area contributed by atoms with Crippen molar-refractivity contribution in [2.75, 3.05) is 39.4 Å². The Labute approximate surface area is 198 Å². The van der Waals surface area contributed by atoms with E-state index in [4.69, 9.17) is 4.74 Å². The van der Waals surface area contributed by atoms with Gasteiger partial charge in [-0.25, -0.2) is 0 Å². The van der Waals surface area contributed by atoms with Crippen LogP contribution >= 0.6 is 15.9 Å². The first-order chi connectivity index (χ1) is 15.9. The molecule has 2 saturated heterocycles. The van der Waals surface area contributed by atoms with Crippen LogP contribution in [-0.2, 0) is 14.3 Å². The van der Waals surface area contributed by atoms with E-state index in [1.807, 2.05) is 0 Å². The molecule has 0 radical (unpaired) electrons. The lowest BCUT2D eigenvalue weighted by molar-refractivity contribution is -0.384. The number of ether oxygens (including phenoxy) is 1. The van der Waals surface area contributed by atoms with Crippen molar-refractivity contribution in [1.29, 1.82) is 0 Å². The average molecular weight is 516 g/mol. The lowest BCUT2D eigenvalue weighted by Crippen LogP contribution is -2.42. The van der Waals surface area contributed by atoms with Gasteiger partial charge in [0.15, 0.2) is 0 Å². The first-order valence-electron chi connectivity index (χ1n) is 10.5. The molecule has 1 atom stereocenters. The summed E-state index contributed by atoms with van der Waals surface area (Å²) in [4.78, 5) is 40.2. The highest BCUT2D eigenvalue weighted by Gasteiger charge is 2.46. The molecule has 0 saturated carbocycles. The number of aliphatic hydroxyl groups excluding tert-OH is 1. The second-order valence-corrected chi connectivity index (χ2v) is 8.72. The minimum absolute atomic E-state index is 0.0295. The number of non-ortho nitro benzene ring substituents is 1. The van der Waals surface area contributed by atoms with Crippen LogP contribution in [0.4, 0.5) is 5.69 Å². The molecule has 10 heteroatoms. The highest BCUT2D eigenvalue weighted by Crippen LogP contribution is 2.39.